The number of aromatic nitrogens is 1. The maximum atomic E-state index is 12.3. The number of carbonyl (C=O) groups excluding carboxylic acids is 2. The molecule has 1 aromatic carbocycles. The highest BCUT2D eigenvalue weighted by Gasteiger charge is 2.20. The van der Waals surface area contributed by atoms with Crippen LogP contribution in [0.25, 0.3) is 11.5 Å². The molecular weight excluding hydrogens is 372 g/mol. The molecule has 0 aliphatic heterocycles. The first-order valence-corrected chi connectivity index (χ1v) is 8.66. The van der Waals surface area contributed by atoms with Crippen molar-refractivity contribution in [3.8, 4) is 11.5 Å². The predicted molar refractivity (Wildman–Crippen MR) is 98.4 cm³/mol. The molecular formula is C17H14N4O5S. The van der Waals surface area contributed by atoms with Gasteiger partial charge in [0.05, 0.1) is 11.5 Å². The number of amides is 2. The van der Waals surface area contributed by atoms with Crippen molar-refractivity contribution in [1.82, 2.24) is 10.3 Å². The van der Waals surface area contributed by atoms with Crippen molar-refractivity contribution in [2.45, 2.75) is 13.5 Å². The molecule has 2 amide bonds. The Morgan fingerprint density at radius 3 is 2.78 bits per heavy atom. The average molecular weight is 386 g/mol. The fraction of sp³-hybridized carbons (Fsp3) is 0.118. The van der Waals surface area contributed by atoms with E-state index in [4.69, 9.17) is 4.42 Å². The molecule has 3 rings (SSSR count). The van der Waals surface area contributed by atoms with E-state index in [0.717, 1.165) is 0 Å². The number of rotatable bonds is 6. The van der Waals surface area contributed by atoms with Crippen molar-refractivity contribution in [2.75, 3.05) is 5.32 Å². The summed E-state index contributed by atoms with van der Waals surface area (Å²) in [6.45, 7) is 1.68. The van der Waals surface area contributed by atoms with Gasteiger partial charge in [0.2, 0.25) is 5.91 Å². The van der Waals surface area contributed by atoms with Gasteiger partial charge in [0.1, 0.15) is 17.0 Å². The highest BCUT2D eigenvalue weighted by Crippen LogP contribution is 2.27. The SMILES string of the molecule is CC(=O)NCc1ccc(-c2csc(NC(=O)c3ccccc3[N+](=O)[O-])n2)o1. The number of para-hydroxylation sites is 1. The molecule has 27 heavy (non-hydrogen) atoms. The van der Waals surface area contributed by atoms with E-state index in [1.807, 2.05) is 0 Å². The third-order valence-corrected chi connectivity index (χ3v) is 4.25. The van der Waals surface area contributed by atoms with Crippen LogP contribution in [0, 0.1) is 10.1 Å². The first kappa shape index (κ1) is 18.3. The predicted octanol–water partition coefficient (Wildman–Crippen LogP) is 3.20. The highest BCUT2D eigenvalue weighted by molar-refractivity contribution is 7.14. The number of nitro benzene ring substituents is 1. The molecule has 0 aliphatic carbocycles. The van der Waals surface area contributed by atoms with Crippen molar-refractivity contribution in [2.24, 2.45) is 0 Å². The molecule has 0 saturated carbocycles. The molecule has 2 N–H and O–H groups in total. The number of carbonyl (C=O) groups is 2. The van der Waals surface area contributed by atoms with Gasteiger partial charge in [-0.25, -0.2) is 4.98 Å². The van der Waals surface area contributed by atoms with Crippen LogP contribution in [0.3, 0.4) is 0 Å². The molecule has 138 valence electrons. The zero-order chi connectivity index (χ0) is 19.4. The molecule has 9 nitrogen and oxygen atoms in total. The van der Waals surface area contributed by atoms with Gasteiger partial charge in [0.25, 0.3) is 11.6 Å². The summed E-state index contributed by atoms with van der Waals surface area (Å²) in [4.78, 5) is 38.0. The maximum absolute atomic E-state index is 12.3. The van der Waals surface area contributed by atoms with Crippen molar-refractivity contribution in [3.63, 3.8) is 0 Å². The zero-order valence-corrected chi connectivity index (χ0v) is 14.9. The van der Waals surface area contributed by atoms with Crippen LogP contribution in [-0.4, -0.2) is 21.7 Å². The number of benzene rings is 1. The highest BCUT2D eigenvalue weighted by atomic mass is 32.1. The maximum Gasteiger partial charge on any atom is 0.282 e. The summed E-state index contributed by atoms with van der Waals surface area (Å²) in [6, 6.07) is 9.11. The van der Waals surface area contributed by atoms with E-state index in [9.17, 15) is 19.7 Å². The Labute approximate surface area is 157 Å². The monoisotopic (exact) mass is 386 g/mol. The molecule has 3 aromatic rings. The van der Waals surface area contributed by atoms with Crippen molar-refractivity contribution in [1.29, 1.82) is 0 Å². The van der Waals surface area contributed by atoms with Gasteiger partial charge in [-0.15, -0.1) is 11.3 Å². The van der Waals surface area contributed by atoms with Gasteiger partial charge in [-0.1, -0.05) is 12.1 Å². The first-order valence-electron chi connectivity index (χ1n) is 7.78. The molecule has 0 bridgehead atoms. The van der Waals surface area contributed by atoms with Crippen LogP contribution in [-0.2, 0) is 11.3 Å². The van der Waals surface area contributed by atoms with Gasteiger partial charge in [-0.05, 0) is 18.2 Å². The van der Waals surface area contributed by atoms with Gasteiger partial charge >= 0.3 is 0 Å². The van der Waals surface area contributed by atoms with Gasteiger partial charge < -0.3 is 9.73 Å². The Kier molecular flexibility index (Phi) is 5.27. The Hall–Kier alpha value is -3.53. The number of nitrogens with zero attached hydrogens (tertiary/aromatic N) is 2. The van der Waals surface area contributed by atoms with Crippen LogP contribution in [0.5, 0.6) is 0 Å². The number of hydrogen-bond acceptors (Lipinski definition) is 7. The lowest BCUT2D eigenvalue weighted by Crippen LogP contribution is -2.18. The zero-order valence-electron chi connectivity index (χ0n) is 14.1. The Balaban J connectivity index is 1.72. The van der Waals surface area contributed by atoms with Gasteiger partial charge in [-0.2, -0.15) is 0 Å². The van der Waals surface area contributed by atoms with Crippen LogP contribution < -0.4 is 10.6 Å². The van der Waals surface area contributed by atoms with Crippen molar-refractivity contribution in [3.05, 3.63) is 63.2 Å². The molecule has 0 fully saturated rings. The van der Waals surface area contributed by atoms with Gasteiger partial charge in [0.15, 0.2) is 10.9 Å². The lowest BCUT2D eigenvalue weighted by molar-refractivity contribution is -0.385. The lowest BCUT2D eigenvalue weighted by Gasteiger charge is -2.02. The van der Waals surface area contributed by atoms with E-state index >= 15 is 0 Å². The largest absolute Gasteiger partial charge is 0.458 e. The van der Waals surface area contributed by atoms with Crippen LogP contribution >= 0.6 is 11.3 Å². The van der Waals surface area contributed by atoms with Crippen molar-refractivity contribution >= 4 is 34.0 Å². The molecule has 0 radical (unpaired) electrons. The first-order chi connectivity index (χ1) is 12.9. The summed E-state index contributed by atoms with van der Waals surface area (Å²) in [6.07, 6.45) is 0. The summed E-state index contributed by atoms with van der Waals surface area (Å²) >= 11 is 1.17. The van der Waals surface area contributed by atoms with Crippen LogP contribution in [0.2, 0.25) is 0 Å². The molecule has 0 saturated heterocycles. The summed E-state index contributed by atoms with van der Waals surface area (Å²) in [5.41, 5.74) is 0.183. The molecule has 2 heterocycles. The molecule has 0 spiro atoms. The third-order valence-electron chi connectivity index (χ3n) is 3.50. The Morgan fingerprint density at radius 1 is 1.26 bits per heavy atom. The number of anilines is 1. The normalized spacial score (nSPS) is 10.4. The molecule has 0 aliphatic rings. The molecule has 0 atom stereocenters. The molecule has 10 heteroatoms. The topological polar surface area (TPSA) is 127 Å². The Bertz CT molecular complexity index is 1010. The lowest BCUT2D eigenvalue weighted by atomic mass is 10.1. The van der Waals surface area contributed by atoms with Crippen molar-refractivity contribution < 1.29 is 18.9 Å². The number of thiazole rings is 1. The summed E-state index contributed by atoms with van der Waals surface area (Å²) in [7, 11) is 0. The quantitative estimate of drug-likeness (QED) is 0.495. The number of nitrogens with one attached hydrogen (secondary N) is 2. The van der Waals surface area contributed by atoms with Crippen LogP contribution in [0.15, 0.2) is 46.2 Å². The minimum atomic E-state index is -0.617. The average Bonchev–Trinajstić information content (AvgIpc) is 3.29. The summed E-state index contributed by atoms with van der Waals surface area (Å²) < 4.78 is 5.60. The number of hydrogen-bond donors (Lipinski definition) is 2. The second-order valence-corrected chi connectivity index (χ2v) is 6.30. The number of furan rings is 1. The smallest absolute Gasteiger partial charge is 0.282 e. The van der Waals surface area contributed by atoms with Crippen LogP contribution in [0.4, 0.5) is 10.8 Å². The second kappa shape index (κ2) is 7.79. The van der Waals surface area contributed by atoms with E-state index in [2.05, 4.69) is 15.6 Å². The summed E-state index contributed by atoms with van der Waals surface area (Å²) in [5, 5.41) is 18.2. The van der Waals surface area contributed by atoms with Gasteiger partial charge in [-0.3, -0.25) is 25.0 Å². The van der Waals surface area contributed by atoms with E-state index in [1.54, 1.807) is 23.6 Å². The number of nitro groups is 1. The van der Waals surface area contributed by atoms with E-state index < -0.39 is 10.8 Å². The molecule has 0 unspecified atom stereocenters. The van der Waals surface area contributed by atoms with E-state index in [0.29, 0.717) is 17.2 Å². The van der Waals surface area contributed by atoms with Crippen LogP contribution in [0.1, 0.15) is 23.0 Å². The standard InChI is InChI=1S/C17H14N4O5S/c1-10(22)18-8-11-6-7-15(26-11)13-9-27-17(19-13)20-16(23)12-4-2-3-5-14(12)21(24)25/h2-7,9H,8H2,1H3,(H,18,22)(H,19,20,23). The fourth-order valence-corrected chi connectivity index (χ4v) is 2.95. The second-order valence-electron chi connectivity index (χ2n) is 5.44. The molecule has 2 aromatic heterocycles. The fourth-order valence-electron chi connectivity index (χ4n) is 2.26. The minimum absolute atomic E-state index is 0.0464. The summed E-state index contributed by atoms with van der Waals surface area (Å²) in [5.74, 6) is 0.270. The minimum Gasteiger partial charge on any atom is -0.458 e. The third kappa shape index (κ3) is 4.36. The van der Waals surface area contributed by atoms with Gasteiger partial charge in [0, 0.05) is 18.4 Å². The van der Waals surface area contributed by atoms with E-state index in [1.165, 1.54) is 36.5 Å². The Morgan fingerprint density at radius 2 is 2.04 bits per heavy atom. The van der Waals surface area contributed by atoms with E-state index in [-0.39, 0.29) is 28.8 Å².